The molecule has 0 saturated carbocycles. The van der Waals surface area contributed by atoms with E-state index in [0.29, 0.717) is 5.56 Å². The van der Waals surface area contributed by atoms with Gasteiger partial charge in [0.2, 0.25) is 0 Å². The van der Waals surface area contributed by atoms with E-state index in [0.717, 1.165) is 64.1 Å². The number of hydrogen-bond acceptors (Lipinski definition) is 2. The molecular weight excluding hydrogens is 668 g/mol. The zero-order valence-electron chi connectivity index (χ0n) is 31.2. The lowest BCUT2D eigenvalue weighted by Crippen LogP contribution is -2.28. The fourth-order valence-corrected chi connectivity index (χ4v) is 8.72. The Labute approximate surface area is 316 Å². The largest absolute Gasteiger partial charge is 0.478 e. The topological polar surface area (TPSA) is 54.4 Å². The summed E-state index contributed by atoms with van der Waals surface area (Å²) in [6, 6.07) is 34.5. The lowest BCUT2D eigenvalue weighted by molar-refractivity contribution is 0.0696. The first-order valence-corrected chi connectivity index (χ1v) is 18.7. The highest BCUT2D eigenvalue weighted by Crippen LogP contribution is 2.52. The van der Waals surface area contributed by atoms with Crippen LogP contribution in [0.15, 0.2) is 133 Å². The molecule has 54 heavy (non-hydrogen) atoms. The average molecular weight is 711 g/mol. The molecule has 8 rings (SSSR count). The van der Waals surface area contributed by atoms with Crippen LogP contribution < -0.4 is 0 Å². The molecule has 0 aliphatic heterocycles. The quantitative estimate of drug-likeness (QED) is 0.126. The monoisotopic (exact) mass is 710 g/mol. The Bertz CT molecular complexity index is 2580. The summed E-state index contributed by atoms with van der Waals surface area (Å²) in [7, 11) is 0. The van der Waals surface area contributed by atoms with Gasteiger partial charge in [-0.05, 0) is 139 Å². The maximum Gasteiger partial charge on any atom is 0.335 e. The van der Waals surface area contributed by atoms with E-state index in [4.69, 9.17) is 0 Å². The van der Waals surface area contributed by atoms with Crippen LogP contribution in [0.4, 0.5) is 4.39 Å². The molecule has 0 bridgehead atoms. The minimum absolute atomic E-state index is 0.0986. The van der Waals surface area contributed by atoms with E-state index >= 15 is 0 Å². The first kappa shape index (κ1) is 35.2. The summed E-state index contributed by atoms with van der Waals surface area (Å²) in [5.41, 5.74) is 11.3. The molecule has 0 unspecified atom stereocenters. The third-order valence-corrected chi connectivity index (χ3v) is 11.2. The number of benzene rings is 6. The van der Waals surface area contributed by atoms with Gasteiger partial charge in [-0.1, -0.05) is 130 Å². The zero-order chi connectivity index (χ0) is 37.8. The van der Waals surface area contributed by atoms with Crippen LogP contribution >= 0.6 is 0 Å². The lowest BCUT2D eigenvalue weighted by atomic mass is 9.63. The van der Waals surface area contributed by atoms with Gasteiger partial charge >= 0.3 is 5.97 Å². The van der Waals surface area contributed by atoms with Gasteiger partial charge in [-0.2, -0.15) is 0 Å². The predicted molar refractivity (Wildman–Crippen MR) is 220 cm³/mol. The van der Waals surface area contributed by atoms with Crippen molar-refractivity contribution < 1.29 is 19.1 Å². The average Bonchev–Trinajstić information content (AvgIpc) is 3.15. The first-order valence-electron chi connectivity index (χ1n) is 18.7. The smallest absolute Gasteiger partial charge is 0.335 e. The van der Waals surface area contributed by atoms with Gasteiger partial charge in [0.05, 0.1) is 5.56 Å². The van der Waals surface area contributed by atoms with Crippen molar-refractivity contribution in [3.05, 3.63) is 178 Å². The second-order valence-corrected chi connectivity index (χ2v) is 16.3. The van der Waals surface area contributed by atoms with Crippen LogP contribution in [0.1, 0.15) is 89.1 Å². The molecule has 0 spiro atoms. The molecule has 0 saturated heterocycles. The van der Waals surface area contributed by atoms with Crippen LogP contribution in [0.2, 0.25) is 0 Å². The summed E-state index contributed by atoms with van der Waals surface area (Å²) in [6.45, 7) is 9.37. The summed E-state index contributed by atoms with van der Waals surface area (Å²) >= 11 is 0. The van der Waals surface area contributed by atoms with Crippen LogP contribution in [0.25, 0.3) is 44.3 Å². The van der Waals surface area contributed by atoms with E-state index in [9.17, 15) is 19.1 Å². The number of halogens is 1. The SMILES string of the molecule is CC1(C)C=CC2=C(C1)CC(C)(C)c1c2ccc2cc(-c3ccc4ccccc4c3C(=O)C=Cc3ccc(C(=O)O)cc3)cc(CCc3ccc(F)cc3)c12. The van der Waals surface area contributed by atoms with E-state index < -0.39 is 5.97 Å². The van der Waals surface area contributed by atoms with Crippen LogP contribution in [0, 0.1) is 11.2 Å². The van der Waals surface area contributed by atoms with Crippen LogP contribution in [0.3, 0.4) is 0 Å². The van der Waals surface area contributed by atoms with Gasteiger partial charge in [-0.3, -0.25) is 4.79 Å². The standard InChI is InChI=1S/C50H43FO3/c1-49(2)26-25-40-38(29-49)30-50(3,4)47-43(40)23-19-36-28-37(27-35(45(36)47)17-11-32-12-20-39(51)21-13-32)42-22-18-33-7-5-6-8-41(33)46(42)44(52)24-14-31-9-15-34(16-10-31)48(53)54/h5-10,12-16,18-28H,11,17,29-30H2,1-4H3,(H,53,54). The van der Waals surface area contributed by atoms with Crippen molar-refractivity contribution in [2.75, 3.05) is 0 Å². The number of hydrogen-bond donors (Lipinski definition) is 1. The molecule has 0 fully saturated rings. The second-order valence-electron chi connectivity index (χ2n) is 16.3. The van der Waals surface area contributed by atoms with Gasteiger partial charge in [0, 0.05) is 5.56 Å². The van der Waals surface area contributed by atoms with Crippen molar-refractivity contribution in [1.29, 1.82) is 0 Å². The molecule has 3 nitrogen and oxygen atoms in total. The third-order valence-electron chi connectivity index (χ3n) is 11.2. The van der Waals surface area contributed by atoms with Crippen molar-refractivity contribution in [3.8, 4) is 11.1 Å². The van der Waals surface area contributed by atoms with E-state index in [1.807, 2.05) is 36.4 Å². The Kier molecular flexibility index (Phi) is 8.81. The third kappa shape index (κ3) is 6.62. The van der Waals surface area contributed by atoms with Crippen molar-refractivity contribution in [3.63, 3.8) is 0 Å². The Morgan fingerprint density at radius 1 is 0.778 bits per heavy atom. The first-order chi connectivity index (χ1) is 25.9. The Hall–Kier alpha value is -5.87. The van der Waals surface area contributed by atoms with E-state index in [-0.39, 0.29) is 28.0 Å². The van der Waals surface area contributed by atoms with Gasteiger partial charge in [-0.15, -0.1) is 0 Å². The number of carbonyl (C=O) groups is 2. The molecular formula is C50H43FO3. The Morgan fingerprint density at radius 2 is 1.50 bits per heavy atom. The molecule has 2 aliphatic rings. The number of carboxylic acid groups (broad SMARTS) is 1. The maximum atomic E-state index is 14.3. The Balaban J connectivity index is 1.30. The minimum atomic E-state index is -0.991. The van der Waals surface area contributed by atoms with E-state index in [1.165, 1.54) is 45.4 Å². The molecule has 4 heteroatoms. The van der Waals surface area contributed by atoms with Gasteiger partial charge in [0.25, 0.3) is 0 Å². The van der Waals surface area contributed by atoms with Gasteiger partial charge in [0.15, 0.2) is 5.78 Å². The van der Waals surface area contributed by atoms with Crippen molar-refractivity contribution in [2.24, 2.45) is 5.41 Å². The number of carboxylic acids is 1. The lowest BCUT2D eigenvalue weighted by Gasteiger charge is -2.40. The molecule has 2 aliphatic carbocycles. The van der Waals surface area contributed by atoms with Gasteiger partial charge in [-0.25, -0.2) is 9.18 Å². The van der Waals surface area contributed by atoms with Crippen LogP contribution in [-0.2, 0) is 18.3 Å². The van der Waals surface area contributed by atoms with Crippen molar-refractivity contribution in [1.82, 2.24) is 0 Å². The number of rotatable bonds is 8. The second kappa shape index (κ2) is 13.5. The number of aromatic carboxylic acids is 1. The van der Waals surface area contributed by atoms with Gasteiger partial charge in [0.1, 0.15) is 5.82 Å². The molecule has 0 radical (unpaired) electrons. The van der Waals surface area contributed by atoms with Crippen molar-refractivity contribution in [2.45, 2.75) is 58.8 Å². The zero-order valence-corrected chi connectivity index (χ0v) is 31.2. The highest BCUT2D eigenvalue weighted by Gasteiger charge is 2.37. The molecule has 6 aromatic carbocycles. The molecule has 0 aromatic heterocycles. The number of ketones is 1. The summed E-state index contributed by atoms with van der Waals surface area (Å²) < 4.78 is 13.9. The number of carbonyl (C=O) groups excluding carboxylic acids is 1. The summed E-state index contributed by atoms with van der Waals surface area (Å²) in [5, 5.41) is 13.6. The molecule has 0 amide bonds. The minimum Gasteiger partial charge on any atom is -0.478 e. The maximum absolute atomic E-state index is 14.3. The Morgan fingerprint density at radius 3 is 2.26 bits per heavy atom. The molecule has 6 aromatic rings. The molecule has 268 valence electrons. The normalized spacial score (nSPS) is 15.8. The number of allylic oxidation sites excluding steroid dienone is 5. The van der Waals surface area contributed by atoms with E-state index in [1.54, 1.807) is 36.4 Å². The molecule has 0 atom stereocenters. The number of aryl methyl sites for hydroxylation is 2. The molecule has 1 N–H and O–H groups in total. The molecule has 0 heterocycles. The highest BCUT2D eigenvalue weighted by molar-refractivity contribution is 6.19. The van der Waals surface area contributed by atoms with Crippen LogP contribution in [-0.4, -0.2) is 16.9 Å². The van der Waals surface area contributed by atoms with Crippen molar-refractivity contribution >= 4 is 44.9 Å². The fraction of sp³-hybridized carbons (Fsp3) is 0.200. The van der Waals surface area contributed by atoms with Crippen LogP contribution in [0.5, 0.6) is 0 Å². The number of fused-ring (bicyclic) bond motifs is 5. The highest BCUT2D eigenvalue weighted by atomic mass is 19.1. The van der Waals surface area contributed by atoms with E-state index in [2.05, 4.69) is 76.2 Å². The van der Waals surface area contributed by atoms with Gasteiger partial charge < -0.3 is 5.11 Å². The summed E-state index contributed by atoms with van der Waals surface area (Å²) in [5.74, 6) is -1.36. The summed E-state index contributed by atoms with van der Waals surface area (Å²) in [4.78, 5) is 25.7. The predicted octanol–water partition coefficient (Wildman–Crippen LogP) is 12.6. The summed E-state index contributed by atoms with van der Waals surface area (Å²) in [6.07, 6.45) is 11.6. The fourth-order valence-electron chi connectivity index (χ4n) is 8.72.